The quantitative estimate of drug-likeness (QED) is 0.0284. The Morgan fingerprint density at radius 2 is 0.211 bits per heavy atom. The molecule has 0 bridgehead atoms. The maximum atomic E-state index is 11.0. The van der Waals surface area contributed by atoms with Crippen LogP contribution in [0.25, 0.3) is 0 Å². The second-order valence-electron chi connectivity index (χ2n) is 34.0. The van der Waals surface area contributed by atoms with Gasteiger partial charge in [-0.3, -0.25) is 0 Å². The molecule has 12 heterocycles. The zero-order valence-corrected chi connectivity index (χ0v) is 69.5. The van der Waals surface area contributed by atoms with Gasteiger partial charge in [0.15, 0.2) is 75.5 Å². The van der Waals surface area contributed by atoms with Crippen molar-refractivity contribution in [1.29, 1.82) is 0 Å². The molecule has 0 aliphatic carbocycles. The SMILES string of the molecule is OC[C@@H]1O[C@@H](OC[C@@H]2O[C@@H](OC[C@@H]3O[C@@H](OC[C@@H]4O[C@@H](OC[C@@H]5O[C@@H](OC[C@H]6O[C@@H](OC[C@H]7O[C@H](OC[C@H]8O[C@H](OC[C@H]9O[C@H](OC[C@H]%10O[C@H](OC[C@H]%11O[C@H](OC[C@H]%12O[C@H](O)[C@H](O)[C@H](O)[C@H]%12O)[C@H](O)[C@H](O)[C@H]%11O)[C@H](O)[C@H](O)[C@H]%10O)[C@H](O)[C@H](O)[C@H]9O)[C@H](O)[C@H](O)[C@H]8O)[C@H](O)[C@H](O)[C@H]7O)[C@@H](O)[C@@H](O)[C@H]6O)[C@H](O)[C@@H](O)[C@H]5O)[C@H](O)[C@@H](O)[C@H]4O)[C@H](O)[C@@H](O)[C@H]3O)[C@H](O)[C@@H](O)[C@H]2O)[C@H](O)[C@@H](O)[C@H]1O. The number of rotatable bonds is 34. The summed E-state index contributed by atoms with van der Waals surface area (Å²) in [5.74, 6) is 0. The summed E-state index contributed by atoms with van der Waals surface area (Å²) in [6.07, 6.45) is -117. The van der Waals surface area contributed by atoms with E-state index in [2.05, 4.69) is 0 Å². The molecule has 0 amide bonds. The average Bonchev–Trinajstić information content (AvgIpc) is 0.792. The van der Waals surface area contributed by atoms with Crippen LogP contribution in [0.3, 0.4) is 0 Å². The van der Waals surface area contributed by atoms with Crippen LogP contribution >= 0.6 is 0 Å². The molecule has 12 saturated heterocycles. The Morgan fingerprint density at radius 3 is 0.331 bits per heavy atom. The van der Waals surface area contributed by atoms with Crippen molar-refractivity contribution < 1.29 is 303 Å². The zero-order valence-electron chi connectivity index (χ0n) is 69.5. The van der Waals surface area contributed by atoms with E-state index in [1.54, 1.807) is 0 Å². The van der Waals surface area contributed by atoms with Gasteiger partial charge in [0.25, 0.3) is 0 Å². The molecule has 38 N–H and O–H groups in total. The lowest BCUT2D eigenvalue weighted by Gasteiger charge is -2.45. The summed E-state index contributed by atoms with van der Waals surface area (Å²) in [4.78, 5) is 0. The Labute approximate surface area is 748 Å². The monoisotopic (exact) mass is 1960 g/mol. The average molecular weight is 1960 g/mol. The fourth-order valence-corrected chi connectivity index (χ4v) is 16.3. The molecule has 0 aromatic heterocycles. The minimum absolute atomic E-state index is 0.749. The predicted molar refractivity (Wildman–Crippen MR) is 395 cm³/mol. The van der Waals surface area contributed by atoms with Crippen LogP contribution in [0.5, 0.6) is 0 Å². The molecule has 0 saturated carbocycles. The largest absolute Gasteiger partial charge is 0.394 e. The van der Waals surface area contributed by atoms with Crippen LogP contribution in [0.15, 0.2) is 0 Å². The van der Waals surface area contributed by atoms with E-state index in [1.165, 1.54) is 0 Å². The third kappa shape index (κ3) is 24.3. The molecule has 60 atom stereocenters. The van der Waals surface area contributed by atoms with Gasteiger partial charge in [-0.05, 0) is 0 Å². The summed E-state index contributed by atoms with van der Waals surface area (Å²) in [6, 6.07) is 0. The van der Waals surface area contributed by atoms with Gasteiger partial charge in [-0.15, -0.1) is 0 Å². The molecule has 12 aliphatic heterocycles. The van der Waals surface area contributed by atoms with Crippen molar-refractivity contribution in [2.75, 3.05) is 79.3 Å². The maximum Gasteiger partial charge on any atom is 0.186 e. The highest BCUT2D eigenvalue weighted by Gasteiger charge is 2.58. The fourth-order valence-electron chi connectivity index (χ4n) is 16.3. The Balaban J connectivity index is 0.582. The third-order valence-corrected chi connectivity index (χ3v) is 24.9. The molecule has 61 nitrogen and oxygen atoms in total. The van der Waals surface area contributed by atoms with Gasteiger partial charge in [-0.2, -0.15) is 0 Å². The van der Waals surface area contributed by atoms with Crippen LogP contribution < -0.4 is 0 Å². The lowest BCUT2D eigenvalue weighted by molar-refractivity contribution is -0.356. The van der Waals surface area contributed by atoms with Crippen LogP contribution in [0.1, 0.15) is 0 Å². The molecule has 12 fully saturated rings. The van der Waals surface area contributed by atoms with Gasteiger partial charge in [-0.1, -0.05) is 0 Å². The van der Waals surface area contributed by atoms with Crippen molar-refractivity contribution in [3.05, 3.63) is 0 Å². The van der Waals surface area contributed by atoms with E-state index in [0.717, 1.165) is 0 Å². The van der Waals surface area contributed by atoms with Crippen LogP contribution in [0.4, 0.5) is 0 Å². The molecule has 0 aromatic rings. The van der Waals surface area contributed by atoms with Crippen molar-refractivity contribution in [3.8, 4) is 0 Å². The number of aliphatic hydroxyl groups excluding tert-OH is 38. The van der Waals surface area contributed by atoms with Crippen molar-refractivity contribution in [2.45, 2.75) is 368 Å². The van der Waals surface area contributed by atoms with Gasteiger partial charge in [0.2, 0.25) is 0 Å². The maximum absolute atomic E-state index is 11.0. The van der Waals surface area contributed by atoms with Gasteiger partial charge in [0, 0.05) is 0 Å². The zero-order chi connectivity index (χ0) is 97.4. The van der Waals surface area contributed by atoms with Crippen LogP contribution in [0, 0.1) is 0 Å². The molecule has 12 aliphatic rings. The summed E-state index contributed by atoms with van der Waals surface area (Å²) in [5.41, 5.74) is 0. The number of ether oxygens (including phenoxy) is 23. The van der Waals surface area contributed by atoms with Crippen molar-refractivity contribution in [2.24, 2.45) is 0 Å². The fraction of sp³-hybridized carbons (Fsp3) is 1.00. The molecule has 776 valence electrons. The van der Waals surface area contributed by atoms with Crippen molar-refractivity contribution in [3.63, 3.8) is 0 Å². The van der Waals surface area contributed by atoms with Gasteiger partial charge in [0.05, 0.1) is 79.3 Å². The number of hydrogen-bond acceptors (Lipinski definition) is 61. The van der Waals surface area contributed by atoms with Gasteiger partial charge >= 0.3 is 0 Å². The summed E-state index contributed by atoms with van der Waals surface area (Å²) >= 11 is 0. The second-order valence-corrected chi connectivity index (χ2v) is 34.0. The minimum Gasteiger partial charge on any atom is -0.394 e. The summed E-state index contributed by atoms with van der Waals surface area (Å²) in [6.45, 7) is -10.6. The highest BCUT2D eigenvalue weighted by molar-refractivity contribution is 5.01. The first kappa shape index (κ1) is 109. The summed E-state index contributed by atoms with van der Waals surface area (Å²) in [7, 11) is 0. The topological polar surface area (TPSA) is 981 Å². The Kier molecular flexibility index (Phi) is 39.0. The lowest BCUT2D eigenvalue weighted by Crippen LogP contribution is -2.64. The van der Waals surface area contributed by atoms with E-state index in [4.69, 9.17) is 109 Å². The van der Waals surface area contributed by atoms with Crippen molar-refractivity contribution in [1.82, 2.24) is 0 Å². The molecule has 0 radical (unpaired) electrons. The van der Waals surface area contributed by atoms with Crippen LogP contribution in [-0.2, 0) is 109 Å². The molecular weight excluding hydrogens is 1840 g/mol. The van der Waals surface area contributed by atoms with E-state index in [9.17, 15) is 194 Å². The molecule has 0 spiro atoms. The molecule has 133 heavy (non-hydrogen) atoms. The first-order valence-electron chi connectivity index (χ1n) is 42.2. The van der Waals surface area contributed by atoms with E-state index in [0.29, 0.717) is 0 Å². The second kappa shape index (κ2) is 47.4. The van der Waals surface area contributed by atoms with E-state index in [1.807, 2.05) is 0 Å². The summed E-state index contributed by atoms with van der Waals surface area (Å²) in [5, 5.41) is 407. The highest BCUT2D eigenvalue weighted by Crippen LogP contribution is 2.37. The van der Waals surface area contributed by atoms with E-state index >= 15 is 0 Å². The Hall–Kier alpha value is -2.44. The van der Waals surface area contributed by atoms with Gasteiger partial charge in [0.1, 0.15) is 293 Å². The normalized spacial score (nSPS) is 53.8. The van der Waals surface area contributed by atoms with Crippen LogP contribution in [0.2, 0.25) is 0 Å². The highest BCUT2D eigenvalue weighted by atomic mass is 16.8. The lowest BCUT2D eigenvalue weighted by atomic mass is 9.97. The Bertz CT molecular complexity index is 3330. The first-order chi connectivity index (χ1) is 62.8. The van der Waals surface area contributed by atoms with E-state index in [-0.39, 0.29) is 0 Å². The van der Waals surface area contributed by atoms with E-state index < -0.39 is 448 Å². The van der Waals surface area contributed by atoms with Crippen LogP contribution in [-0.4, -0.2) is 642 Å². The molecule has 12 rings (SSSR count). The smallest absolute Gasteiger partial charge is 0.186 e. The van der Waals surface area contributed by atoms with Crippen molar-refractivity contribution >= 4 is 0 Å². The number of hydrogen-bond donors (Lipinski definition) is 38. The summed E-state index contributed by atoms with van der Waals surface area (Å²) < 4.78 is 128. The standard InChI is InChI=1S/C72H122O61/c73-1-13-25(74)38(87)50(99)62(123-13)112-3-15-27(76)40(89)52(101)64(125-15)114-5-17-29(78)42(91)54(103)66(127-17)116-7-19-31(80)44(93)56(105)68(129-19)118-9-21-33(82)46(95)58(107)70(131-21)120-11-23-35(84)48(97)60(109)72(133-23)121-12-24-36(85)47(96)59(108)71(132-24)119-10-22-34(83)45(94)57(106)69(130-22)117-8-20-32(81)43(92)55(104)67(128-20)115-6-18-30(79)41(90)53(102)65(126-18)113-4-16-28(77)39(88)51(100)63(124-16)111-2-14-26(75)37(86)49(98)61(110)122-14/h13-110H,1-12H2/t13-,14+,15-,16+,17-,18+,19-,20+,21-,22+,23+,24+,25-,26-,27-,28-,29-,30-,31-,32-,33-,34-,35-,36-,37+,38-,39+,40-,41+,42-,43+,44-,45+,46-,47+,48-,49+,50+,51+,52+,53+,54+,55+,56+,57+,58+,59+,60-,61-,62+,63-,64+,65-,66+,67-,68+,69-,70+,71-,72+/m0/s1. The first-order valence-corrected chi connectivity index (χ1v) is 42.2. The molecular formula is C72H122O61. The molecule has 0 aromatic carbocycles. The Morgan fingerprint density at radius 1 is 0.113 bits per heavy atom. The number of aliphatic hydroxyl groups is 38. The van der Waals surface area contributed by atoms with Gasteiger partial charge in [-0.25, -0.2) is 0 Å². The molecule has 61 heteroatoms. The minimum atomic E-state index is -2.17. The molecule has 0 unspecified atom stereocenters. The predicted octanol–water partition coefficient (Wildman–Crippen LogP) is -27.2. The third-order valence-electron chi connectivity index (χ3n) is 24.9. The van der Waals surface area contributed by atoms with Gasteiger partial charge < -0.3 is 303 Å².